The van der Waals surface area contributed by atoms with Crippen LogP contribution in [0.1, 0.15) is 79.3 Å². The number of rotatable bonds is 6. The molecule has 1 aliphatic carbocycles. The second-order valence-corrected chi connectivity index (χ2v) is 12.9. The van der Waals surface area contributed by atoms with Gasteiger partial charge in [0.1, 0.15) is 11.5 Å². The molecule has 2 atom stereocenters. The summed E-state index contributed by atoms with van der Waals surface area (Å²) in [4.78, 5) is 34.2. The van der Waals surface area contributed by atoms with E-state index in [0.29, 0.717) is 48.2 Å². The van der Waals surface area contributed by atoms with Crippen LogP contribution in [0.3, 0.4) is 0 Å². The topological polar surface area (TPSA) is 91.0 Å². The predicted octanol–water partition coefficient (Wildman–Crippen LogP) is 6.11. The Morgan fingerprint density at radius 3 is 2.56 bits per heavy atom. The smallest absolute Gasteiger partial charge is 0.309 e. The molecule has 2 aliphatic heterocycles. The summed E-state index contributed by atoms with van der Waals surface area (Å²) >= 11 is 0. The Labute approximate surface area is 250 Å². The highest BCUT2D eigenvalue weighted by atomic mass is 19.1. The number of amides is 1. The number of carboxylic acid groups (broad SMARTS) is 1. The van der Waals surface area contributed by atoms with Crippen molar-refractivity contribution in [3.8, 4) is 11.3 Å². The van der Waals surface area contributed by atoms with E-state index in [2.05, 4.69) is 24.0 Å². The number of hydrogen-bond donors (Lipinski definition) is 1. The summed E-state index contributed by atoms with van der Waals surface area (Å²) in [6, 6.07) is 17.0. The lowest BCUT2D eigenvalue weighted by atomic mass is 9.78. The molecule has 0 bridgehead atoms. The van der Waals surface area contributed by atoms with Gasteiger partial charge in [0.2, 0.25) is 0 Å². The van der Waals surface area contributed by atoms with E-state index < -0.39 is 17.2 Å². The average molecular weight is 582 g/mol. The lowest BCUT2D eigenvalue weighted by molar-refractivity contribution is -0.149. The summed E-state index contributed by atoms with van der Waals surface area (Å²) in [5.74, 6) is -1.02. The first-order valence-electron chi connectivity index (χ1n) is 15.2. The maximum absolute atomic E-state index is 15.6. The fraction of sp³-hybridized carbons (Fsp3) is 0.412. The van der Waals surface area contributed by atoms with Gasteiger partial charge in [-0.2, -0.15) is 5.10 Å². The van der Waals surface area contributed by atoms with Crippen LogP contribution in [0.25, 0.3) is 16.9 Å². The molecule has 1 amide bonds. The molecule has 222 valence electrons. The molecule has 0 radical (unpaired) electrons. The lowest BCUT2D eigenvalue weighted by Crippen LogP contribution is -2.39. The molecule has 2 aromatic carbocycles. The Balaban J connectivity index is 1.18. The van der Waals surface area contributed by atoms with Crippen molar-refractivity contribution in [1.29, 1.82) is 0 Å². The zero-order valence-electron chi connectivity index (χ0n) is 24.8. The van der Waals surface area contributed by atoms with E-state index >= 15 is 4.39 Å². The summed E-state index contributed by atoms with van der Waals surface area (Å²) in [7, 11) is 0. The summed E-state index contributed by atoms with van der Waals surface area (Å²) in [5.41, 5.74) is 5.05. The third-order valence-electron chi connectivity index (χ3n) is 9.88. The molecule has 9 heteroatoms. The van der Waals surface area contributed by atoms with E-state index in [9.17, 15) is 14.7 Å². The van der Waals surface area contributed by atoms with Gasteiger partial charge in [-0.05, 0) is 87.8 Å². The number of carboxylic acids is 1. The van der Waals surface area contributed by atoms with E-state index in [1.54, 1.807) is 30.5 Å². The third kappa shape index (κ3) is 4.75. The maximum atomic E-state index is 15.6. The normalized spacial score (nSPS) is 20.5. The molecule has 2 fully saturated rings. The van der Waals surface area contributed by atoms with E-state index in [1.165, 1.54) is 17.2 Å². The van der Waals surface area contributed by atoms with Crippen LogP contribution in [0.15, 0.2) is 54.6 Å². The number of benzene rings is 2. The molecule has 3 aliphatic rings. The molecule has 1 saturated heterocycles. The van der Waals surface area contributed by atoms with E-state index in [4.69, 9.17) is 10.1 Å². The Morgan fingerprint density at radius 1 is 1.02 bits per heavy atom. The summed E-state index contributed by atoms with van der Waals surface area (Å²) in [6.45, 7) is 7.46. The van der Waals surface area contributed by atoms with Crippen molar-refractivity contribution in [2.24, 2.45) is 11.3 Å². The van der Waals surface area contributed by atoms with Gasteiger partial charge < -0.3 is 14.9 Å². The molecule has 0 spiro atoms. The highest BCUT2D eigenvalue weighted by Gasteiger charge is 2.41. The van der Waals surface area contributed by atoms with Crippen LogP contribution < -0.4 is 4.90 Å². The van der Waals surface area contributed by atoms with Gasteiger partial charge in [0.25, 0.3) is 5.91 Å². The Morgan fingerprint density at radius 2 is 1.81 bits per heavy atom. The zero-order valence-corrected chi connectivity index (χ0v) is 24.8. The van der Waals surface area contributed by atoms with Crippen LogP contribution >= 0.6 is 0 Å². The molecular weight excluding hydrogens is 545 g/mol. The van der Waals surface area contributed by atoms with Crippen molar-refractivity contribution in [3.63, 3.8) is 0 Å². The fourth-order valence-corrected chi connectivity index (χ4v) is 6.77. The minimum atomic E-state index is -0.840. The number of carbonyl (C=O) groups excluding carboxylic acids is 1. The second kappa shape index (κ2) is 10.2. The minimum Gasteiger partial charge on any atom is -0.481 e. The van der Waals surface area contributed by atoms with Crippen LogP contribution in [-0.2, 0) is 11.2 Å². The Hall–Kier alpha value is -4.27. The van der Waals surface area contributed by atoms with Crippen LogP contribution in [0.4, 0.5) is 10.1 Å². The number of fused-ring (bicyclic) bond motifs is 2. The van der Waals surface area contributed by atoms with E-state index in [-0.39, 0.29) is 17.9 Å². The highest BCUT2D eigenvalue weighted by Crippen LogP contribution is 2.41. The van der Waals surface area contributed by atoms with Crippen molar-refractivity contribution in [2.75, 3.05) is 24.5 Å². The summed E-state index contributed by atoms with van der Waals surface area (Å²) in [6.07, 6.45) is 3.60. The minimum absolute atomic E-state index is 0.0160. The van der Waals surface area contributed by atoms with Gasteiger partial charge in [-0.1, -0.05) is 24.3 Å². The first kappa shape index (κ1) is 27.6. The number of aliphatic carboxylic acids is 1. The van der Waals surface area contributed by atoms with Gasteiger partial charge in [0, 0.05) is 48.6 Å². The quantitative estimate of drug-likeness (QED) is 0.296. The molecule has 1 saturated carbocycles. The summed E-state index contributed by atoms with van der Waals surface area (Å²) in [5, 5.41) is 14.4. The monoisotopic (exact) mass is 581 g/mol. The van der Waals surface area contributed by atoms with Crippen molar-refractivity contribution in [1.82, 2.24) is 19.5 Å². The number of aromatic nitrogens is 3. The summed E-state index contributed by atoms with van der Waals surface area (Å²) < 4.78 is 17.4. The molecular formula is C34H36FN5O3. The molecule has 43 heavy (non-hydrogen) atoms. The average Bonchev–Trinajstić information content (AvgIpc) is 3.54. The first-order valence-corrected chi connectivity index (χ1v) is 15.2. The standard InChI is InChI=1S/C34H36FN5O3/c1-20-25-7-5-4-6-21(25)12-15-39(20)32(41)29-17-30(22-8-9-22)40-31(36-29)18-28(37-40)26-11-10-24(16-27(26)35)38-14-13-23(19-38)34(2,3)33(42)43/h4-7,10-11,16-18,20,22-23H,8-9,12-15,19H2,1-3H3,(H,42,43)/t20-,23?/m1/s1. The second-order valence-electron chi connectivity index (χ2n) is 12.9. The molecule has 4 heterocycles. The van der Waals surface area contributed by atoms with Crippen molar-refractivity contribution >= 4 is 23.2 Å². The van der Waals surface area contributed by atoms with Crippen LogP contribution in [-0.4, -0.2) is 56.1 Å². The predicted molar refractivity (Wildman–Crippen MR) is 162 cm³/mol. The van der Waals surface area contributed by atoms with Crippen LogP contribution in [0.2, 0.25) is 0 Å². The molecule has 4 aromatic rings. The zero-order chi connectivity index (χ0) is 30.0. The number of nitrogens with zero attached hydrogens (tertiary/aromatic N) is 5. The molecule has 1 unspecified atom stereocenters. The van der Waals surface area contributed by atoms with Crippen LogP contribution in [0.5, 0.6) is 0 Å². The van der Waals surface area contributed by atoms with E-state index in [0.717, 1.165) is 37.1 Å². The number of anilines is 1. The Kier molecular flexibility index (Phi) is 6.52. The molecule has 1 N–H and O–H groups in total. The van der Waals surface area contributed by atoms with Crippen molar-refractivity contribution in [3.05, 3.63) is 82.9 Å². The van der Waals surface area contributed by atoms with E-state index in [1.807, 2.05) is 29.2 Å². The number of hydrogen-bond acceptors (Lipinski definition) is 5. The van der Waals surface area contributed by atoms with Gasteiger partial charge >= 0.3 is 5.97 Å². The van der Waals surface area contributed by atoms with Gasteiger partial charge in [-0.15, -0.1) is 0 Å². The molecule has 2 aromatic heterocycles. The van der Waals surface area contributed by atoms with Gasteiger partial charge in [0.15, 0.2) is 5.65 Å². The first-order chi connectivity index (χ1) is 20.6. The Bertz CT molecular complexity index is 1760. The van der Waals surface area contributed by atoms with Gasteiger partial charge in [-0.3, -0.25) is 9.59 Å². The molecule has 7 rings (SSSR count). The number of halogens is 1. The van der Waals surface area contributed by atoms with Crippen molar-refractivity contribution in [2.45, 2.75) is 58.4 Å². The van der Waals surface area contributed by atoms with Crippen molar-refractivity contribution < 1.29 is 19.1 Å². The third-order valence-corrected chi connectivity index (χ3v) is 9.88. The van der Waals surface area contributed by atoms with Gasteiger partial charge in [-0.25, -0.2) is 13.9 Å². The molecule has 8 nitrogen and oxygen atoms in total. The van der Waals surface area contributed by atoms with Crippen LogP contribution in [0, 0.1) is 17.2 Å². The highest BCUT2D eigenvalue weighted by molar-refractivity contribution is 5.93. The fourth-order valence-electron chi connectivity index (χ4n) is 6.77. The largest absolute Gasteiger partial charge is 0.481 e. The lowest BCUT2D eigenvalue weighted by Gasteiger charge is -2.35. The SMILES string of the molecule is C[C@@H]1c2ccccc2CCN1C(=O)c1cc(C2CC2)n2nc(-c3ccc(N4CCC(C(C)(C)C(=O)O)C4)cc3F)cc2n1. The van der Waals surface area contributed by atoms with Gasteiger partial charge in [0.05, 0.1) is 17.2 Å². The number of carbonyl (C=O) groups is 2. The maximum Gasteiger partial charge on any atom is 0.309 e.